The van der Waals surface area contributed by atoms with Crippen molar-refractivity contribution in [3.63, 3.8) is 0 Å². The van der Waals surface area contributed by atoms with E-state index in [0.717, 1.165) is 0 Å². The molecule has 3 aromatic rings. The quantitative estimate of drug-likeness (QED) is 0.222. The van der Waals surface area contributed by atoms with Gasteiger partial charge in [0.15, 0.2) is 0 Å². The van der Waals surface area contributed by atoms with E-state index in [4.69, 9.17) is 4.42 Å². The summed E-state index contributed by atoms with van der Waals surface area (Å²) in [7, 11) is 0. The van der Waals surface area contributed by atoms with Gasteiger partial charge in [0, 0.05) is 40.4 Å². The standard InChI is InChI=1S/C20H11BrN4O6/c21-17-10-15(25(29)30)5-7-18(17)23-20(26)13(11-22)9-16-6-8-19(31-16)12-1-3-14(4-2-12)24(27)28/h1-10H,(H,23,26)/b13-9+. The Kier molecular flexibility index (Phi) is 6.23. The lowest BCUT2D eigenvalue weighted by molar-refractivity contribution is -0.385. The molecule has 0 aliphatic heterocycles. The molecule has 0 bridgehead atoms. The first kappa shape index (κ1) is 21.4. The molecule has 0 saturated heterocycles. The number of hydrogen-bond acceptors (Lipinski definition) is 7. The predicted octanol–water partition coefficient (Wildman–Crippen LogP) is 5.07. The molecule has 0 aliphatic rings. The van der Waals surface area contributed by atoms with Crippen molar-refractivity contribution < 1.29 is 19.1 Å². The summed E-state index contributed by atoms with van der Waals surface area (Å²) in [6, 6.07) is 14.4. The van der Waals surface area contributed by atoms with Gasteiger partial charge in [-0.05, 0) is 46.3 Å². The maximum absolute atomic E-state index is 12.4. The number of amides is 1. The molecule has 11 heteroatoms. The van der Waals surface area contributed by atoms with Crippen LogP contribution >= 0.6 is 15.9 Å². The van der Waals surface area contributed by atoms with E-state index in [9.17, 15) is 30.3 Å². The number of carbonyl (C=O) groups excluding carboxylic acids is 1. The van der Waals surface area contributed by atoms with Gasteiger partial charge in [0.05, 0.1) is 15.5 Å². The van der Waals surface area contributed by atoms with Crippen LogP contribution in [0.3, 0.4) is 0 Å². The van der Waals surface area contributed by atoms with Crippen molar-refractivity contribution in [2.75, 3.05) is 5.32 Å². The van der Waals surface area contributed by atoms with E-state index in [1.807, 2.05) is 0 Å². The van der Waals surface area contributed by atoms with Crippen LogP contribution in [0, 0.1) is 31.6 Å². The van der Waals surface area contributed by atoms with Crippen molar-refractivity contribution in [3.8, 4) is 17.4 Å². The third kappa shape index (κ3) is 5.01. The van der Waals surface area contributed by atoms with Crippen molar-refractivity contribution in [1.82, 2.24) is 0 Å². The minimum Gasteiger partial charge on any atom is -0.457 e. The van der Waals surface area contributed by atoms with Crippen molar-refractivity contribution in [1.29, 1.82) is 5.26 Å². The van der Waals surface area contributed by atoms with Gasteiger partial charge in [-0.15, -0.1) is 0 Å². The number of nitro benzene ring substituents is 2. The second-order valence-corrected chi connectivity index (χ2v) is 6.91. The average Bonchev–Trinajstić information content (AvgIpc) is 3.22. The lowest BCUT2D eigenvalue weighted by Crippen LogP contribution is -2.13. The Morgan fingerprint density at radius 2 is 1.68 bits per heavy atom. The molecule has 0 radical (unpaired) electrons. The molecule has 3 rings (SSSR count). The summed E-state index contributed by atoms with van der Waals surface area (Å²) < 4.78 is 5.89. The molecular formula is C20H11BrN4O6. The number of nitriles is 1. The SMILES string of the molecule is N#C/C(=C\c1ccc(-c2ccc([N+](=O)[O-])cc2)o1)C(=O)Nc1ccc([N+](=O)[O-])cc1Br. The Morgan fingerprint density at radius 1 is 1.03 bits per heavy atom. The highest BCUT2D eigenvalue weighted by atomic mass is 79.9. The Labute approximate surface area is 182 Å². The van der Waals surface area contributed by atoms with E-state index in [1.54, 1.807) is 18.2 Å². The summed E-state index contributed by atoms with van der Waals surface area (Å²) in [6.07, 6.45) is 1.24. The van der Waals surface area contributed by atoms with E-state index in [-0.39, 0.29) is 32.9 Å². The molecule has 31 heavy (non-hydrogen) atoms. The number of anilines is 1. The molecular weight excluding hydrogens is 472 g/mol. The highest BCUT2D eigenvalue weighted by Gasteiger charge is 2.15. The number of benzene rings is 2. The van der Waals surface area contributed by atoms with Crippen LogP contribution in [0.25, 0.3) is 17.4 Å². The molecule has 2 aromatic carbocycles. The van der Waals surface area contributed by atoms with Crippen molar-refractivity contribution in [2.45, 2.75) is 0 Å². The molecule has 0 saturated carbocycles. The van der Waals surface area contributed by atoms with E-state index in [2.05, 4.69) is 21.2 Å². The number of halogens is 1. The van der Waals surface area contributed by atoms with E-state index < -0.39 is 15.8 Å². The monoisotopic (exact) mass is 482 g/mol. The van der Waals surface area contributed by atoms with Crippen LogP contribution in [-0.4, -0.2) is 15.8 Å². The summed E-state index contributed by atoms with van der Waals surface area (Å²) in [5.74, 6) is -0.106. The zero-order valence-electron chi connectivity index (χ0n) is 15.4. The summed E-state index contributed by atoms with van der Waals surface area (Å²) in [6.45, 7) is 0. The molecule has 0 atom stereocenters. The Bertz CT molecular complexity index is 1260. The number of nitrogens with zero attached hydrogens (tertiary/aromatic N) is 3. The molecule has 0 fully saturated rings. The second-order valence-electron chi connectivity index (χ2n) is 6.05. The number of nitrogens with one attached hydrogen (secondary N) is 1. The Balaban J connectivity index is 1.79. The van der Waals surface area contributed by atoms with Gasteiger partial charge in [-0.2, -0.15) is 5.26 Å². The van der Waals surface area contributed by atoms with Gasteiger partial charge in [0.25, 0.3) is 17.3 Å². The number of furan rings is 1. The lowest BCUT2D eigenvalue weighted by Gasteiger charge is -2.06. The Hall–Kier alpha value is -4.30. The normalized spacial score (nSPS) is 10.9. The number of rotatable bonds is 6. The van der Waals surface area contributed by atoms with Crippen molar-refractivity contribution >= 4 is 45.0 Å². The first-order chi connectivity index (χ1) is 14.8. The van der Waals surface area contributed by atoms with E-state index in [1.165, 1.54) is 48.5 Å². The van der Waals surface area contributed by atoms with Gasteiger partial charge in [0.1, 0.15) is 23.2 Å². The minimum absolute atomic E-state index is 0.0590. The van der Waals surface area contributed by atoms with E-state index in [0.29, 0.717) is 11.3 Å². The highest BCUT2D eigenvalue weighted by Crippen LogP contribution is 2.28. The smallest absolute Gasteiger partial charge is 0.270 e. The number of nitro groups is 2. The van der Waals surface area contributed by atoms with Crippen molar-refractivity contribution in [3.05, 3.63) is 90.6 Å². The maximum Gasteiger partial charge on any atom is 0.270 e. The topological polar surface area (TPSA) is 152 Å². The third-order valence-corrected chi connectivity index (χ3v) is 4.71. The zero-order valence-corrected chi connectivity index (χ0v) is 17.0. The largest absolute Gasteiger partial charge is 0.457 e. The second kappa shape index (κ2) is 9.02. The van der Waals surface area contributed by atoms with E-state index >= 15 is 0 Å². The molecule has 0 spiro atoms. The molecule has 1 aromatic heterocycles. The summed E-state index contributed by atoms with van der Waals surface area (Å²) >= 11 is 3.14. The van der Waals surface area contributed by atoms with Crippen LogP contribution in [0.4, 0.5) is 17.1 Å². The third-order valence-electron chi connectivity index (χ3n) is 4.05. The zero-order chi connectivity index (χ0) is 22.5. The molecule has 0 unspecified atom stereocenters. The maximum atomic E-state index is 12.4. The molecule has 10 nitrogen and oxygen atoms in total. The molecule has 1 heterocycles. The van der Waals surface area contributed by atoms with Gasteiger partial charge in [0.2, 0.25) is 0 Å². The summed E-state index contributed by atoms with van der Waals surface area (Å²) in [5, 5.41) is 33.4. The number of carbonyl (C=O) groups is 1. The van der Waals surface area contributed by atoms with Crippen LogP contribution in [-0.2, 0) is 4.79 Å². The highest BCUT2D eigenvalue weighted by molar-refractivity contribution is 9.10. The molecule has 1 amide bonds. The lowest BCUT2D eigenvalue weighted by atomic mass is 10.1. The predicted molar refractivity (Wildman–Crippen MR) is 114 cm³/mol. The summed E-state index contributed by atoms with van der Waals surface area (Å²) in [5.41, 5.74) is 0.368. The van der Waals surface area contributed by atoms with Gasteiger partial charge in [-0.3, -0.25) is 25.0 Å². The van der Waals surface area contributed by atoms with Crippen LogP contribution < -0.4 is 5.32 Å². The van der Waals surface area contributed by atoms with Crippen LogP contribution in [0.15, 0.2) is 69.1 Å². The molecule has 154 valence electrons. The summed E-state index contributed by atoms with van der Waals surface area (Å²) in [4.78, 5) is 32.9. The fourth-order valence-electron chi connectivity index (χ4n) is 2.53. The fourth-order valence-corrected chi connectivity index (χ4v) is 3.00. The van der Waals surface area contributed by atoms with Crippen molar-refractivity contribution in [2.24, 2.45) is 0 Å². The van der Waals surface area contributed by atoms with Crippen LogP contribution in [0.2, 0.25) is 0 Å². The average molecular weight is 483 g/mol. The van der Waals surface area contributed by atoms with Gasteiger partial charge >= 0.3 is 0 Å². The number of hydrogen-bond donors (Lipinski definition) is 1. The Morgan fingerprint density at radius 3 is 2.26 bits per heavy atom. The van der Waals surface area contributed by atoms with Gasteiger partial charge < -0.3 is 9.73 Å². The first-order valence-electron chi connectivity index (χ1n) is 8.50. The minimum atomic E-state index is -0.731. The first-order valence-corrected chi connectivity index (χ1v) is 9.29. The van der Waals surface area contributed by atoms with Crippen LogP contribution in [0.1, 0.15) is 5.76 Å². The fraction of sp³-hybridized carbons (Fsp3) is 0. The van der Waals surface area contributed by atoms with Gasteiger partial charge in [-0.25, -0.2) is 0 Å². The molecule has 0 aliphatic carbocycles. The van der Waals surface area contributed by atoms with Gasteiger partial charge in [-0.1, -0.05) is 0 Å². The number of non-ortho nitro benzene ring substituents is 2. The molecule has 1 N–H and O–H groups in total. The van der Waals surface area contributed by atoms with Crippen LogP contribution in [0.5, 0.6) is 0 Å².